The first-order valence-electron chi connectivity index (χ1n) is 4.89. The van der Waals surface area contributed by atoms with Gasteiger partial charge in [-0.2, -0.15) is 0 Å². The van der Waals surface area contributed by atoms with Crippen molar-refractivity contribution in [2.75, 3.05) is 13.1 Å². The number of nitrogens with two attached hydrogens (primary N) is 1. The molecule has 1 fully saturated rings. The summed E-state index contributed by atoms with van der Waals surface area (Å²) in [4.78, 5) is 0. The summed E-state index contributed by atoms with van der Waals surface area (Å²) >= 11 is -0.472. The topological polar surface area (TPSA) is 47.6 Å². The average Bonchev–Trinajstić information content (AvgIpc) is 2.32. The normalized spacial score (nSPS) is 14.9. The average molecular weight is 478 g/mol. The largest absolute Gasteiger partial charge is 0.693 e. The van der Waals surface area contributed by atoms with Crippen LogP contribution in [0.1, 0.15) is 24.3 Å². The van der Waals surface area contributed by atoms with Gasteiger partial charge in [0.25, 0.3) is 0 Å². The summed E-state index contributed by atoms with van der Waals surface area (Å²) in [7, 11) is 9.75. The summed E-state index contributed by atoms with van der Waals surface area (Å²) in [6.07, 6.45) is 2.48. The number of hydrogen-bond donors (Lipinski definition) is 0. The van der Waals surface area contributed by atoms with Crippen LogP contribution < -0.4 is 12.4 Å². The Hall–Kier alpha value is 0.698. The number of benzene rings is 1. The second-order valence-corrected chi connectivity index (χ2v) is 6.68. The van der Waals surface area contributed by atoms with Crippen LogP contribution in [0.3, 0.4) is 0 Å². The van der Waals surface area contributed by atoms with Gasteiger partial charge in [0, 0.05) is 0 Å². The van der Waals surface area contributed by atoms with Crippen molar-refractivity contribution in [2.24, 2.45) is 0 Å². The molecular weight excluding hydrogens is 462 g/mol. The van der Waals surface area contributed by atoms with E-state index in [-0.39, 0.29) is 18.6 Å². The van der Waals surface area contributed by atoms with Crippen molar-refractivity contribution in [3.63, 3.8) is 0 Å². The molecule has 2 rings (SSSR count). The first-order valence-corrected chi connectivity index (χ1v) is 10.5. The van der Waals surface area contributed by atoms with Crippen LogP contribution in [0.2, 0.25) is 0 Å². The zero-order valence-corrected chi connectivity index (χ0v) is 13.8. The molecule has 1 heterocycles. The zero-order valence-electron chi connectivity index (χ0n) is 9.27. The second kappa shape index (κ2) is 13.1. The Morgan fingerprint density at radius 1 is 1.06 bits per heavy atom. The van der Waals surface area contributed by atoms with E-state index < -0.39 is 16.5 Å². The minimum Gasteiger partial charge on any atom is -0.693 e. The van der Waals surface area contributed by atoms with E-state index in [0.717, 1.165) is 19.0 Å². The fraction of sp³-hybridized carbons (Fsp3) is 0.455. The molecule has 1 saturated heterocycles. The van der Waals surface area contributed by atoms with Crippen molar-refractivity contribution < 1.29 is 28.9 Å². The molecule has 0 spiro atoms. The van der Waals surface area contributed by atoms with Crippen LogP contribution in [-0.4, -0.2) is 13.1 Å². The van der Waals surface area contributed by atoms with E-state index in [4.69, 9.17) is 18.8 Å². The van der Waals surface area contributed by atoms with Gasteiger partial charge < -0.3 is 23.9 Å². The molecule has 0 aromatic heterocycles. The van der Waals surface area contributed by atoms with E-state index in [9.17, 15) is 0 Å². The van der Waals surface area contributed by atoms with Crippen LogP contribution in [0.25, 0.3) is 11.5 Å². The Morgan fingerprint density at radius 3 is 2.00 bits per heavy atom. The van der Waals surface area contributed by atoms with Crippen molar-refractivity contribution in [1.82, 2.24) is 0 Å². The molecular formula is C11H16Cl3N2Pt-. The molecule has 1 aromatic carbocycles. The number of halogens is 3. The minimum absolute atomic E-state index is 0. The van der Waals surface area contributed by atoms with Crippen LogP contribution >= 0.6 is 18.8 Å². The Labute approximate surface area is 126 Å². The number of hydrogen-bond acceptors (Lipinski definition) is 0. The van der Waals surface area contributed by atoms with Crippen LogP contribution in [0.5, 0.6) is 0 Å². The van der Waals surface area contributed by atoms with Crippen molar-refractivity contribution in [1.29, 1.82) is 0 Å². The van der Waals surface area contributed by atoms with E-state index in [1.165, 1.54) is 18.4 Å². The van der Waals surface area contributed by atoms with Crippen molar-refractivity contribution >= 4 is 18.8 Å². The maximum absolute atomic E-state index is 4.88. The Kier molecular flexibility index (Phi) is 15.5. The van der Waals surface area contributed by atoms with Gasteiger partial charge >= 0.3 is 35.3 Å². The third kappa shape index (κ3) is 8.42. The van der Waals surface area contributed by atoms with Crippen molar-refractivity contribution in [3.8, 4) is 0 Å². The molecule has 2 nitrogen and oxygen atoms in total. The molecule has 1 aliphatic rings. The zero-order chi connectivity index (χ0) is 10.9. The first kappa shape index (κ1) is 20.0. The fourth-order valence-electron chi connectivity index (χ4n) is 1.81. The molecule has 0 aliphatic carbocycles. The van der Waals surface area contributed by atoms with Gasteiger partial charge in [-0.1, -0.05) is 43.2 Å². The Balaban J connectivity index is 0. The molecule has 0 unspecified atom stereocenters. The summed E-state index contributed by atoms with van der Waals surface area (Å²) < 4.78 is 0. The third-order valence-electron chi connectivity index (χ3n) is 2.54. The maximum Gasteiger partial charge on any atom is -0.0195 e. The summed E-state index contributed by atoms with van der Waals surface area (Å²) in [5.74, 6) is 0.767. The van der Waals surface area contributed by atoms with Crippen molar-refractivity contribution in [3.05, 3.63) is 47.4 Å². The van der Waals surface area contributed by atoms with Crippen LogP contribution in [0.15, 0.2) is 30.3 Å². The summed E-state index contributed by atoms with van der Waals surface area (Å²) in [6.45, 7) is 2.11. The fourth-order valence-corrected chi connectivity index (χ4v) is 1.81. The summed E-state index contributed by atoms with van der Waals surface area (Å²) in [5, 5.41) is 4.35. The predicted octanol–water partition coefficient (Wildman–Crippen LogP) is 2.04. The Bertz CT molecular complexity index is 256. The smallest absolute Gasteiger partial charge is 0.0195 e. The van der Waals surface area contributed by atoms with Gasteiger partial charge in [0.2, 0.25) is 0 Å². The third-order valence-corrected chi connectivity index (χ3v) is 2.54. The summed E-state index contributed by atoms with van der Waals surface area (Å²) in [6, 6.07) is 10.8. The van der Waals surface area contributed by atoms with Gasteiger partial charge in [0.1, 0.15) is 0 Å². The van der Waals surface area contributed by atoms with E-state index in [1.807, 2.05) is 0 Å². The van der Waals surface area contributed by atoms with E-state index in [2.05, 4.69) is 35.6 Å². The molecule has 102 valence electrons. The number of nitrogens with zero attached hydrogens (tertiary/aromatic N) is 1. The quantitative estimate of drug-likeness (QED) is 0.595. The number of rotatable bonds is 1. The number of piperidine rings is 1. The molecule has 0 amide bonds. The molecule has 17 heavy (non-hydrogen) atoms. The molecule has 1 aliphatic heterocycles. The van der Waals surface area contributed by atoms with Gasteiger partial charge in [0.05, 0.1) is 0 Å². The molecule has 0 radical (unpaired) electrons. The van der Waals surface area contributed by atoms with Gasteiger partial charge in [-0.15, -0.1) is 13.1 Å². The molecule has 2 N–H and O–H groups in total. The molecule has 0 saturated carbocycles. The van der Waals surface area contributed by atoms with E-state index >= 15 is 0 Å². The van der Waals surface area contributed by atoms with Gasteiger partial charge in [-0.3, -0.25) is 0 Å². The standard InChI is InChI=1S/C11H14N.3ClH.H2N.Pt/c1-2-4-10(5-3-1)11-6-8-12-9-7-11;;;;;/h1-5,11H,6-9H2;3*1H;1H2;/q-1;;;;-1;+4/p-3. The van der Waals surface area contributed by atoms with E-state index in [0.29, 0.717) is 0 Å². The van der Waals surface area contributed by atoms with Crippen LogP contribution in [-0.2, 0) is 16.5 Å². The molecule has 0 bridgehead atoms. The van der Waals surface area contributed by atoms with Gasteiger partial charge in [0.15, 0.2) is 0 Å². The molecule has 1 aromatic rings. The predicted molar refractivity (Wildman–Crippen MR) is 68.5 cm³/mol. The van der Waals surface area contributed by atoms with Crippen LogP contribution in [0, 0.1) is 0 Å². The van der Waals surface area contributed by atoms with Gasteiger partial charge in [-0.05, 0) is 11.5 Å². The van der Waals surface area contributed by atoms with Crippen LogP contribution in [0.4, 0.5) is 0 Å². The Morgan fingerprint density at radius 2 is 1.53 bits per heavy atom. The molecule has 6 heteroatoms. The van der Waals surface area contributed by atoms with E-state index in [1.54, 1.807) is 0 Å². The first-order chi connectivity index (χ1) is 7.38. The second-order valence-electron chi connectivity index (χ2n) is 3.40. The van der Waals surface area contributed by atoms with Crippen molar-refractivity contribution in [2.45, 2.75) is 18.8 Å². The van der Waals surface area contributed by atoms with Gasteiger partial charge in [-0.25, -0.2) is 0 Å². The SMILES string of the molecule is [Cl-].[Cl][Pt+2][Cl].[NH2-].c1ccc(C2CC[N-]CC2)cc1. The monoisotopic (exact) mass is 476 g/mol. The summed E-state index contributed by atoms with van der Waals surface area (Å²) in [5.41, 5.74) is 1.49. The minimum atomic E-state index is -0.472. The maximum atomic E-state index is 4.88. The molecule has 0 atom stereocenters.